The Bertz CT molecular complexity index is 671. The van der Waals surface area contributed by atoms with Gasteiger partial charge in [0, 0.05) is 23.4 Å². The fourth-order valence-electron chi connectivity index (χ4n) is 1.85. The minimum atomic E-state index is -0.296. The van der Waals surface area contributed by atoms with Crippen LogP contribution in [0.3, 0.4) is 0 Å². The van der Waals surface area contributed by atoms with Crippen molar-refractivity contribution in [2.45, 2.75) is 6.42 Å². The third-order valence-corrected chi connectivity index (χ3v) is 3.33. The Labute approximate surface area is 133 Å². The Morgan fingerprint density at radius 1 is 0.955 bits per heavy atom. The van der Waals surface area contributed by atoms with E-state index in [0.29, 0.717) is 16.4 Å². The van der Waals surface area contributed by atoms with Gasteiger partial charge in [-0.25, -0.2) is 4.79 Å². The molecule has 0 radical (unpaired) electrons. The third kappa shape index (κ3) is 4.49. The van der Waals surface area contributed by atoms with Gasteiger partial charge in [0.2, 0.25) is 5.91 Å². The molecular formula is C16H16ClN3O2. The predicted octanol–water partition coefficient (Wildman–Crippen LogP) is 3.27. The van der Waals surface area contributed by atoms with Crippen molar-refractivity contribution in [1.29, 1.82) is 0 Å². The van der Waals surface area contributed by atoms with Gasteiger partial charge >= 0.3 is 6.03 Å². The van der Waals surface area contributed by atoms with E-state index < -0.39 is 0 Å². The molecular weight excluding hydrogens is 302 g/mol. The van der Waals surface area contributed by atoms with Crippen molar-refractivity contribution in [3.05, 3.63) is 59.1 Å². The lowest BCUT2D eigenvalue weighted by Gasteiger charge is -2.08. The highest BCUT2D eigenvalue weighted by Crippen LogP contribution is 2.17. The smallest absolute Gasteiger partial charge is 0.318 e. The number of benzene rings is 2. The zero-order valence-electron chi connectivity index (χ0n) is 12.0. The molecule has 0 fully saturated rings. The van der Waals surface area contributed by atoms with Crippen LogP contribution >= 0.6 is 11.6 Å². The second kappa shape index (κ2) is 7.47. The van der Waals surface area contributed by atoms with Crippen LogP contribution in [0.2, 0.25) is 5.02 Å². The molecule has 0 bridgehead atoms. The molecule has 2 rings (SSSR count). The minimum Gasteiger partial charge on any atom is -0.341 e. The molecule has 2 aromatic rings. The molecule has 0 saturated heterocycles. The summed E-state index contributed by atoms with van der Waals surface area (Å²) in [4.78, 5) is 23.2. The normalized spacial score (nSPS) is 9.91. The van der Waals surface area contributed by atoms with Crippen LogP contribution in [0.25, 0.3) is 0 Å². The average Bonchev–Trinajstić information content (AvgIpc) is 2.51. The number of rotatable bonds is 4. The van der Waals surface area contributed by atoms with E-state index in [9.17, 15) is 9.59 Å². The maximum absolute atomic E-state index is 12.0. The first-order chi connectivity index (χ1) is 10.6. The second-order valence-corrected chi connectivity index (χ2v) is 5.01. The van der Waals surface area contributed by atoms with Crippen LogP contribution in [-0.4, -0.2) is 19.0 Å². The standard InChI is InChI=1S/C16H16ClN3O2/c1-18-16(22)20-13-8-6-12(7-9-13)19-15(21)10-11-4-2-3-5-14(11)17/h2-9H,10H2,1H3,(H,19,21)(H2,18,20,22). The fraction of sp³-hybridized carbons (Fsp3) is 0.125. The molecule has 22 heavy (non-hydrogen) atoms. The maximum atomic E-state index is 12.0. The first kappa shape index (κ1) is 15.9. The van der Waals surface area contributed by atoms with E-state index in [0.717, 1.165) is 5.56 Å². The van der Waals surface area contributed by atoms with Gasteiger partial charge < -0.3 is 16.0 Å². The topological polar surface area (TPSA) is 70.2 Å². The highest BCUT2D eigenvalue weighted by Gasteiger charge is 2.07. The molecule has 6 heteroatoms. The molecule has 0 aliphatic heterocycles. The molecule has 0 atom stereocenters. The van der Waals surface area contributed by atoms with Crippen LogP contribution < -0.4 is 16.0 Å². The Hall–Kier alpha value is -2.53. The highest BCUT2D eigenvalue weighted by atomic mass is 35.5. The fourth-order valence-corrected chi connectivity index (χ4v) is 2.05. The van der Waals surface area contributed by atoms with Crippen molar-refractivity contribution in [3.63, 3.8) is 0 Å². The summed E-state index contributed by atoms with van der Waals surface area (Å²) in [6, 6.07) is 13.8. The first-order valence-electron chi connectivity index (χ1n) is 6.70. The van der Waals surface area contributed by atoms with Crippen molar-refractivity contribution in [2.75, 3.05) is 17.7 Å². The number of halogens is 1. The van der Waals surface area contributed by atoms with Gasteiger partial charge in [-0.15, -0.1) is 0 Å². The molecule has 0 spiro atoms. The molecule has 0 aromatic heterocycles. The van der Waals surface area contributed by atoms with Crippen LogP contribution in [0, 0.1) is 0 Å². The van der Waals surface area contributed by atoms with Gasteiger partial charge in [-0.3, -0.25) is 4.79 Å². The summed E-state index contributed by atoms with van der Waals surface area (Å²) in [7, 11) is 1.54. The molecule has 2 aromatic carbocycles. The monoisotopic (exact) mass is 317 g/mol. The van der Waals surface area contributed by atoms with Crippen molar-refractivity contribution in [1.82, 2.24) is 5.32 Å². The van der Waals surface area contributed by atoms with E-state index in [1.54, 1.807) is 37.4 Å². The van der Waals surface area contributed by atoms with E-state index in [1.165, 1.54) is 0 Å². The summed E-state index contributed by atoms with van der Waals surface area (Å²) >= 11 is 6.03. The van der Waals surface area contributed by atoms with Gasteiger partial charge in [0.25, 0.3) is 0 Å². The van der Waals surface area contributed by atoms with Crippen LogP contribution in [0.5, 0.6) is 0 Å². The number of hydrogen-bond acceptors (Lipinski definition) is 2. The van der Waals surface area contributed by atoms with Gasteiger partial charge in [-0.05, 0) is 35.9 Å². The number of carbonyl (C=O) groups is 2. The quantitative estimate of drug-likeness (QED) is 0.810. The lowest BCUT2D eigenvalue weighted by Crippen LogP contribution is -2.24. The lowest BCUT2D eigenvalue weighted by molar-refractivity contribution is -0.115. The van der Waals surface area contributed by atoms with Crippen molar-refractivity contribution in [3.8, 4) is 0 Å². The minimum absolute atomic E-state index is 0.153. The summed E-state index contributed by atoms with van der Waals surface area (Å²) < 4.78 is 0. The SMILES string of the molecule is CNC(=O)Nc1ccc(NC(=O)Cc2ccccc2Cl)cc1. The first-order valence-corrected chi connectivity index (χ1v) is 7.08. The highest BCUT2D eigenvalue weighted by molar-refractivity contribution is 6.31. The zero-order chi connectivity index (χ0) is 15.9. The van der Waals surface area contributed by atoms with Gasteiger partial charge in [-0.2, -0.15) is 0 Å². The van der Waals surface area contributed by atoms with Crippen LogP contribution in [0.4, 0.5) is 16.2 Å². The Morgan fingerprint density at radius 3 is 2.14 bits per heavy atom. The van der Waals surface area contributed by atoms with E-state index in [1.807, 2.05) is 18.2 Å². The third-order valence-electron chi connectivity index (χ3n) is 2.96. The summed E-state index contributed by atoms with van der Waals surface area (Å²) in [5, 5.41) is 8.46. The Morgan fingerprint density at radius 2 is 1.55 bits per heavy atom. The van der Waals surface area contributed by atoms with Crippen LogP contribution in [-0.2, 0) is 11.2 Å². The molecule has 3 amide bonds. The van der Waals surface area contributed by atoms with Crippen molar-refractivity contribution < 1.29 is 9.59 Å². The Kier molecular flexibility index (Phi) is 5.38. The van der Waals surface area contributed by atoms with E-state index in [-0.39, 0.29) is 18.4 Å². The summed E-state index contributed by atoms with van der Waals surface area (Å²) in [5.74, 6) is -0.153. The zero-order valence-corrected chi connectivity index (χ0v) is 12.8. The number of urea groups is 1. The molecule has 0 heterocycles. The molecule has 0 aliphatic rings. The average molecular weight is 318 g/mol. The summed E-state index contributed by atoms with van der Waals surface area (Å²) in [6.07, 6.45) is 0.206. The van der Waals surface area contributed by atoms with E-state index in [2.05, 4.69) is 16.0 Å². The second-order valence-electron chi connectivity index (χ2n) is 4.60. The van der Waals surface area contributed by atoms with Gasteiger partial charge in [0.1, 0.15) is 0 Å². The van der Waals surface area contributed by atoms with E-state index >= 15 is 0 Å². The predicted molar refractivity (Wildman–Crippen MR) is 88.3 cm³/mol. The number of hydrogen-bond donors (Lipinski definition) is 3. The van der Waals surface area contributed by atoms with E-state index in [4.69, 9.17) is 11.6 Å². The maximum Gasteiger partial charge on any atom is 0.318 e. The number of carbonyl (C=O) groups excluding carboxylic acids is 2. The molecule has 5 nitrogen and oxygen atoms in total. The van der Waals surface area contributed by atoms with Gasteiger partial charge in [-0.1, -0.05) is 29.8 Å². The molecule has 3 N–H and O–H groups in total. The largest absolute Gasteiger partial charge is 0.341 e. The summed E-state index contributed by atoms with van der Waals surface area (Å²) in [6.45, 7) is 0. The van der Waals surface area contributed by atoms with Crippen LogP contribution in [0.15, 0.2) is 48.5 Å². The van der Waals surface area contributed by atoms with Gasteiger partial charge in [0.15, 0.2) is 0 Å². The molecule has 0 saturated carbocycles. The van der Waals surface area contributed by atoms with Crippen LogP contribution in [0.1, 0.15) is 5.56 Å². The van der Waals surface area contributed by atoms with Gasteiger partial charge in [0.05, 0.1) is 6.42 Å². The number of nitrogens with one attached hydrogen (secondary N) is 3. The molecule has 0 aliphatic carbocycles. The summed E-state index contributed by atoms with van der Waals surface area (Å²) in [5.41, 5.74) is 2.07. The Balaban J connectivity index is 1.94. The number of amides is 3. The van der Waals surface area contributed by atoms with Crippen molar-refractivity contribution in [2.24, 2.45) is 0 Å². The number of anilines is 2. The van der Waals surface area contributed by atoms with Crippen molar-refractivity contribution >= 4 is 34.9 Å². The molecule has 114 valence electrons. The molecule has 0 unspecified atom stereocenters. The lowest BCUT2D eigenvalue weighted by atomic mass is 10.1.